The van der Waals surface area contributed by atoms with Crippen molar-refractivity contribution in [2.24, 2.45) is 0 Å². The van der Waals surface area contributed by atoms with E-state index in [4.69, 9.17) is 0 Å². The number of hydrogen-bond donors (Lipinski definition) is 0. The number of hydrogen-bond acceptors (Lipinski definition) is 1. The van der Waals surface area contributed by atoms with Crippen LogP contribution < -0.4 is 0 Å². The van der Waals surface area contributed by atoms with Crippen molar-refractivity contribution in [3.05, 3.63) is 128 Å². The number of para-hydroxylation sites is 1. The molecule has 0 saturated carbocycles. The van der Waals surface area contributed by atoms with Gasteiger partial charge in [-0.1, -0.05) is 104 Å². The number of allylic oxidation sites excluding steroid dienone is 5. The van der Waals surface area contributed by atoms with E-state index in [2.05, 4.69) is 133 Å². The fraction of sp³-hybridized carbons (Fsp3) is 0.0286. The van der Waals surface area contributed by atoms with Crippen LogP contribution in [0.2, 0.25) is 0 Å². The van der Waals surface area contributed by atoms with Gasteiger partial charge in [0.2, 0.25) is 0 Å². The molecular weight excluding hydrogens is 466 g/mol. The Morgan fingerprint density at radius 2 is 1.46 bits per heavy atom. The van der Waals surface area contributed by atoms with Gasteiger partial charge in [-0.25, -0.2) is 0 Å². The summed E-state index contributed by atoms with van der Waals surface area (Å²) >= 11 is 1.89. The van der Waals surface area contributed by atoms with Crippen LogP contribution in [0.1, 0.15) is 6.92 Å². The fourth-order valence-electron chi connectivity index (χ4n) is 5.77. The molecule has 1 nitrogen and oxygen atoms in total. The zero-order chi connectivity index (χ0) is 24.9. The number of nitrogens with zero attached hydrogens (tertiary/aromatic N) is 1. The van der Waals surface area contributed by atoms with Crippen LogP contribution in [0.15, 0.2) is 128 Å². The van der Waals surface area contributed by atoms with Crippen molar-refractivity contribution in [2.75, 3.05) is 0 Å². The molecule has 2 aromatic heterocycles. The summed E-state index contributed by atoms with van der Waals surface area (Å²) in [7, 11) is 0. The Hall–Kier alpha value is -4.40. The van der Waals surface area contributed by atoms with E-state index in [1.807, 2.05) is 17.4 Å². The summed E-state index contributed by atoms with van der Waals surface area (Å²) in [6, 6.07) is 35.4. The minimum Gasteiger partial charge on any atom is -0.309 e. The molecule has 0 N–H and O–H groups in total. The van der Waals surface area contributed by atoms with E-state index in [0.29, 0.717) is 0 Å². The van der Waals surface area contributed by atoms with Gasteiger partial charge in [0.15, 0.2) is 0 Å². The normalized spacial score (nSPS) is 12.6. The number of rotatable bonds is 4. The first-order valence-electron chi connectivity index (χ1n) is 12.6. The highest BCUT2D eigenvalue weighted by Crippen LogP contribution is 2.46. The largest absolute Gasteiger partial charge is 0.309 e. The number of aromatic nitrogens is 1. The maximum Gasteiger partial charge on any atom is 0.0634 e. The first-order valence-corrected chi connectivity index (χ1v) is 13.4. The average Bonchev–Trinajstić information content (AvgIpc) is 3.48. The van der Waals surface area contributed by atoms with E-state index in [1.165, 1.54) is 63.9 Å². The zero-order valence-corrected chi connectivity index (χ0v) is 21.4. The predicted octanol–water partition coefficient (Wildman–Crippen LogP) is 10.6. The van der Waals surface area contributed by atoms with Gasteiger partial charge in [0, 0.05) is 42.2 Å². The molecule has 0 aliphatic heterocycles. The van der Waals surface area contributed by atoms with Gasteiger partial charge in [0.05, 0.1) is 11.0 Å². The molecule has 0 spiro atoms. The van der Waals surface area contributed by atoms with Crippen LogP contribution in [0.4, 0.5) is 0 Å². The predicted molar refractivity (Wildman–Crippen MR) is 165 cm³/mol. The van der Waals surface area contributed by atoms with Crippen LogP contribution in [0.25, 0.3) is 69.6 Å². The van der Waals surface area contributed by atoms with Gasteiger partial charge in [-0.3, -0.25) is 0 Å². The molecule has 7 rings (SSSR count). The Morgan fingerprint density at radius 3 is 2.32 bits per heavy atom. The van der Waals surface area contributed by atoms with Crippen LogP contribution in [0.3, 0.4) is 0 Å². The van der Waals surface area contributed by atoms with Crippen molar-refractivity contribution in [2.45, 2.75) is 6.92 Å². The average molecular weight is 492 g/mol. The molecular formula is C35H25NS. The molecule has 0 atom stereocenters. The van der Waals surface area contributed by atoms with Crippen molar-refractivity contribution in [1.29, 1.82) is 0 Å². The highest BCUT2D eigenvalue weighted by molar-refractivity contribution is 7.26. The highest BCUT2D eigenvalue weighted by atomic mass is 32.1. The molecule has 0 unspecified atom stereocenters. The Kier molecular flexibility index (Phi) is 5.09. The van der Waals surface area contributed by atoms with Crippen LogP contribution in [-0.4, -0.2) is 4.57 Å². The summed E-state index contributed by atoms with van der Waals surface area (Å²) < 4.78 is 5.04. The minimum atomic E-state index is 1.11. The standard InChI is InChI=1S/C35H25NS/c1-3-11-24(12-4-2)36-31-20-8-7-16-27(31)28-21-22-32-33(34(28)36)30-19-10-18-29(35(30)37-32)26-17-9-14-23-13-5-6-15-25(23)26/h3-22H,1H2,2H3/b12-4-,24-11+. The molecule has 5 aromatic carbocycles. The van der Waals surface area contributed by atoms with E-state index in [1.54, 1.807) is 0 Å². The third-order valence-electron chi connectivity index (χ3n) is 7.26. The maximum atomic E-state index is 4.00. The van der Waals surface area contributed by atoms with Gasteiger partial charge in [0.1, 0.15) is 0 Å². The molecule has 0 bridgehead atoms. The first kappa shape index (κ1) is 21.8. The lowest BCUT2D eigenvalue weighted by Gasteiger charge is -2.10. The second kappa shape index (κ2) is 8.62. The number of fused-ring (bicyclic) bond motifs is 8. The SMILES string of the molecule is C=C/C=C(\C=C/C)n1c2ccccc2c2ccc3sc4c(-c5cccc6ccccc56)cccc4c3c21. The molecule has 0 fully saturated rings. The van der Waals surface area contributed by atoms with E-state index in [0.717, 1.165) is 5.70 Å². The fourth-order valence-corrected chi connectivity index (χ4v) is 7.01. The third-order valence-corrected chi connectivity index (χ3v) is 8.46. The Morgan fingerprint density at radius 1 is 0.730 bits per heavy atom. The summed E-state index contributed by atoms with van der Waals surface area (Å²) in [6.07, 6.45) is 8.24. The van der Waals surface area contributed by atoms with Gasteiger partial charge < -0.3 is 4.57 Å². The number of thiophene rings is 1. The smallest absolute Gasteiger partial charge is 0.0634 e. The van der Waals surface area contributed by atoms with E-state index >= 15 is 0 Å². The van der Waals surface area contributed by atoms with Gasteiger partial charge in [0.25, 0.3) is 0 Å². The summed E-state index contributed by atoms with van der Waals surface area (Å²) in [5.41, 5.74) is 6.16. The van der Waals surface area contributed by atoms with E-state index in [-0.39, 0.29) is 0 Å². The molecule has 0 radical (unpaired) electrons. The Bertz CT molecular complexity index is 2060. The van der Waals surface area contributed by atoms with E-state index < -0.39 is 0 Å². The Balaban J connectivity index is 1.66. The lowest BCUT2D eigenvalue weighted by atomic mass is 9.97. The number of benzene rings is 5. The summed E-state index contributed by atoms with van der Waals surface area (Å²) in [5, 5.41) is 7.72. The highest BCUT2D eigenvalue weighted by Gasteiger charge is 2.19. The second-order valence-corrected chi connectivity index (χ2v) is 10.4. The molecule has 37 heavy (non-hydrogen) atoms. The first-order chi connectivity index (χ1) is 18.3. The summed E-state index contributed by atoms with van der Waals surface area (Å²) in [6.45, 7) is 6.07. The van der Waals surface area contributed by atoms with Crippen molar-refractivity contribution in [3.63, 3.8) is 0 Å². The van der Waals surface area contributed by atoms with Crippen LogP contribution in [-0.2, 0) is 0 Å². The summed E-state index contributed by atoms with van der Waals surface area (Å²) in [5.74, 6) is 0. The summed E-state index contributed by atoms with van der Waals surface area (Å²) in [4.78, 5) is 0. The van der Waals surface area contributed by atoms with Crippen molar-refractivity contribution in [1.82, 2.24) is 4.57 Å². The topological polar surface area (TPSA) is 4.93 Å². The molecule has 0 aliphatic carbocycles. The van der Waals surface area contributed by atoms with Gasteiger partial charge >= 0.3 is 0 Å². The van der Waals surface area contributed by atoms with Crippen molar-refractivity contribution < 1.29 is 0 Å². The third kappa shape index (κ3) is 3.23. The second-order valence-electron chi connectivity index (χ2n) is 9.33. The molecule has 176 valence electrons. The molecule has 0 amide bonds. The lowest BCUT2D eigenvalue weighted by Crippen LogP contribution is -1.94. The molecule has 0 saturated heterocycles. The Labute approximate surface area is 219 Å². The van der Waals surface area contributed by atoms with Crippen LogP contribution in [0, 0.1) is 0 Å². The molecule has 7 aromatic rings. The lowest BCUT2D eigenvalue weighted by molar-refractivity contribution is 1.24. The quantitative estimate of drug-likeness (QED) is 0.216. The van der Waals surface area contributed by atoms with Gasteiger partial charge in [-0.15, -0.1) is 11.3 Å². The monoisotopic (exact) mass is 491 g/mol. The molecule has 2 heteroatoms. The van der Waals surface area contributed by atoms with Gasteiger partial charge in [-0.05, 0) is 47.5 Å². The van der Waals surface area contributed by atoms with Crippen molar-refractivity contribution in [3.8, 4) is 11.1 Å². The minimum absolute atomic E-state index is 1.11. The van der Waals surface area contributed by atoms with Crippen LogP contribution in [0.5, 0.6) is 0 Å². The van der Waals surface area contributed by atoms with Gasteiger partial charge in [-0.2, -0.15) is 0 Å². The van der Waals surface area contributed by atoms with Crippen molar-refractivity contribution >= 4 is 69.8 Å². The molecule has 2 heterocycles. The zero-order valence-electron chi connectivity index (χ0n) is 20.6. The van der Waals surface area contributed by atoms with Crippen LogP contribution >= 0.6 is 11.3 Å². The van der Waals surface area contributed by atoms with E-state index in [9.17, 15) is 0 Å². The molecule has 0 aliphatic rings. The maximum absolute atomic E-state index is 4.00.